The van der Waals surface area contributed by atoms with Crippen molar-refractivity contribution in [2.45, 2.75) is 12.8 Å². The van der Waals surface area contributed by atoms with E-state index in [1.807, 2.05) is 0 Å². The van der Waals surface area contributed by atoms with Gasteiger partial charge in [-0.3, -0.25) is 0 Å². The highest BCUT2D eigenvalue weighted by molar-refractivity contribution is 5.28. The lowest BCUT2D eigenvalue weighted by Gasteiger charge is -2.09. The largest absolute Gasteiger partial charge is 0.416 e. The van der Waals surface area contributed by atoms with E-state index in [-0.39, 0.29) is 5.56 Å². The molecule has 0 fully saturated rings. The number of hydrogen-bond acceptors (Lipinski definition) is 1. The molecule has 12 heavy (non-hydrogen) atoms. The van der Waals surface area contributed by atoms with Crippen molar-refractivity contribution in [2.24, 2.45) is 0 Å². The van der Waals surface area contributed by atoms with Crippen LogP contribution in [-0.4, -0.2) is 5.11 Å². The highest BCUT2D eigenvalue weighted by atomic mass is 19.4. The van der Waals surface area contributed by atoms with E-state index >= 15 is 0 Å². The van der Waals surface area contributed by atoms with Crippen LogP contribution in [0, 0.1) is 6.07 Å². The van der Waals surface area contributed by atoms with Gasteiger partial charge < -0.3 is 5.11 Å². The Balaban J connectivity index is 3.14. The second-order valence-electron chi connectivity index (χ2n) is 2.24. The van der Waals surface area contributed by atoms with Gasteiger partial charge in [0.1, 0.15) is 0 Å². The third-order valence-electron chi connectivity index (χ3n) is 1.43. The van der Waals surface area contributed by atoms with Gasteiger partial charge in [0.05, 0.1) is 12.2 Å². The predicted octanol–water partition coefficient (Wildman–Crippen LogP) is 2.00. The SMILES string of the molecule is OCc1cc[c]cc1C(F)(F)F. The van der Waals surface area contributed by atoms with Crippen molar-refractivity contribution in [3.63, 3.8) is 0 Å². The van der Waals surface area contributed by atoms with Crippen molar-refractivity contribution < 1.29 is 18.3 Å². The third kappa shape index (κ3) is 1.76. The van der Waals surface area contributed by atoms with Gasteiger partial charge in [-0.05, 0) is 17.7 Å². The van der Waals surface area contributed by atoms with Crippen LogP contribution in [0.25, 0.3) is 0 Å². The monoisotopic (exact) mass is 175 g/mol. The molecule has 1 radical (unpaired) electrons. The number of halogens is 3. The summed E-state index contributed by atoms with van der Waals surface area (Å²) in [5.41, 5.74) is -0.950. The molecule has 1 aromatic rings. The van der Waals surface area contributed by atoms with Gasteiger partial charge in [-0.1, -0.05) is 12.1 Å². The molecule has 0 unspecified atom stereocenters. The first kappa shape index (κ1) is 9.06. The number of rotatable bonds is 1. The molecule has 0 bridgehead atoms. The fourth-order valence-electron chi connectivity index (χ4n) is 0.864. The van der Waals surface area contributed by atoms with Crippen LogP contribution in [0.2, 0.25) is 0 Å². The van der Waals surface area contributed by atoms with Gasteiger partial charge >= 0.3 is 6.18 Å². The topological polar surface area (TPSA) is 20.2 Å². The minimum atomic E-state index is -4.41. The molecular formula is C8H6F3O. The van der Waals surface area contributed by atoms with Gasteiger partial charge in [0, 0.05) is 0 Å². The fourth-order valence-corrected chi connectivity index (χ4v) is 0.864. The van der Waals surface area contributed by atoms with E-state index in [0.717, 1.165) is 6.07 Å². The van der Waals surface area contributed by atoms with E-state index in [1.54, 1.807) is 0 Å². The third-order valence-corrected chi connectivity index (χ3v) is 1.43. The van der Waals surface area contributed by atoms with Crippen molar-refractivity contribution in [1.29, 1.82) is 0 Å². The molecule has 1 N–H and O–H groups in total. The lowest BCUT2D eigenvalue weighted by atomic mass is 10.1. The van der Waals surface area contributed by atoms with Crippen molar-refractivity contribution in [1.82, 2.24) is 0 Å². The molecule has 0 heterocycles. The van der Waals surface area contributed by atoms with Crippen molar-refractivity contribution in [3.05, 3.63) is 35.4 Å². The molecule has 0 aliphatic heterocycles. The molecule has 0 aromatic heterocycles. The maximum absolute atomic E-state index is 12.1. The van der Waals surface area contributed by atoms with Gasteiger partial charge in [-0.25, -0.2) is 0 Å². The summed E-state index contributed by atoms with van der Waals surface area (Å²) in [5, 5.41) is 8.57. The summed E-state index contributed by atoms with van der Waals surface area (Å²) in [6, 6.07) is 5.67. The molecule has 0 amide bonds. The number of aliphatic hydroxyl groups is 1. The van der Waals surface area contributed by atoms with Gasteiger partial charge in [-0.15, -0.1) is 0 Å². The Kier molecular flexibility index (Phi) is 2.38. The highest BCUT2D eigenvalue weighted by Crippen LogP contribution is 2.31. The van der Waals surface area contributed by atoms with E-state index in [9.17, 15) is 13.2 Å². The number of alkyl halides is 3. The van der Waals surface area contributed by atoms with E-state index in [2.05, 4.69) is 6.07 Å². The van der Waals surface area contributed by atoms with Crippen LogP contribution in [0.3, 0.4) is 0 Å². The van der Waals surface area contributed by atoms with Gasteiger partial charge in [0.2, 0.25) is 0 Å². The first-order valence-corrected chi connectivity index (χ1v) is 3.22. The van der Waals surface area contributed by atoms with Gasteiger partial charge in [0.25, 0.3) is 0 Å². The Hall–Kier alpha value is -1.03. The van der Waals surface area contributed by atoms with E-state index in [0.29, 0.717) is 0 Å². The van der Waals surface area contributed by atoms with Crippen LogP contribution in [0.15, 0.2) is 18.2 Å². The number of benzene rings is 1. The molecule has 1 aromatic carbocycles. The minimum Gasteiger partial charge on any atom is -0.392 e. The van der Waals surface area contributed by atoms with E-state index in [1.165, 1.54) is 12.1 Å². The Bertz CT molecular complexity index is 267. The Morgan fingerprint density at radius 3 is 2.50 bits per heavy atom. The van der Waals surface area contributed by atoms with Crippen molar-refractivity contribution in [3.8, 4) is 0 Å². The summed E-state index contributed by atoms with van der Waals surface area (Å²) in [6.07, 6.45) is -4.41. The molecule has 0 saturated heterocycles. The summed E-state index contributed by atoms with van der Waals surface area (Å²) in [5.74, 6) is 0. The standard InChI is InChI=1S/C8H6F3O/c9-8(10,11)7-4-2-1-3-6(7)5-12/h1,3-4,12H,5H2. The average molecular weight is 175 g/mol. The Morgan fingerprint density at radius 2 is 2.08 bits per heavy atom. The first-order valence-electron chi connectivity index (χ1n) is 3.22. The quantitative estimate of drug-likeness (QED) is 0.692. The zero-order chi connectivity index (χ0) is 9.19. The molecule has 0 atom stereocenters. The van der Waals surface area contributed by atoms with Crippen molar-refractivity contribution in [2.75, 3.05) is 0 Å². The molecule has 4 heteroatoms. The smallest absolute Gasteiger partial charge is 0.392 e. The molecule has 0 aliphatic carbocycles. The first-order chi connectivity index (χ1) is 5.55. The van der Waals surface area contributed by atoms with Crippen LogP contribution < -0.4 is 0 Å². The van der Waals surface area contributed by atoms with Crippen LogP contribution in [-0.2, 0) is 12.8 Å². The van der Waals surface area contributed by atoms with Gasteiger partial charge in [0.15, 0.2) is 0 Å². The lowest BCUT2D eigenvalue weighted by Crippen LogP contribution is -2.08. The van der Waals surface area contributed by atoms with Crippen LogP contribution >= 0.6 is 0 Å². The average Bonchev–Trinajstić information content (AvgIpc) is 2.03. The zero-order valence-electron chi connectivity index (χ0n) is 6.02. The molecule has 0 spiro atoms. The summed E-state index contributed by atoms with van der Waals surface area (Å²) in [4.78, 5) is 0. The normalized spacial score (nSPS) is 11.7. The number of aliphatic hydroxyl groups excluding tert-OH is 1. The molecule has 0 aliphatic rings. The zero-order valence-corrected chi connectivity index (χ0v) is 6.02. The van der Waals surface area contributed by atoms with Crippen LogP contribution in [0.4, 0.5) is 13.2 Å². The maximum atomic E-state index is 12.1. The van der Waals surface area contributed by atoms with Crippen LogP contribution in [0.1, 0.15) is 11.1 Å². The minimum absolute atomic E-state index is 0.124. The highest BCUT2D eigenvalue weighted by Gasteiger charge is 2.32. The lowest BCUT2D eigenvalue weighted by molar-refractivity contribution is -0.138. The van der Waals surface area contributed by atoms with E-state index < -0.39 is 18.3 Å². The molecule has 65 valence electrons. The fraction of sp³-hybridized carbons (Fsp3) is 0.250. The molecular weight excluding hydrogens is 169 g/mol. The predicted molar refractivity (Wildman–Crippen MR) is 36.2 cm³/mol. The van der Waals surface area contributed by atoms with Gasteiger partial charge in [-0.2, -0.15) is 13.2 Å². The summed E-state index contributed by atoms with van der Waals surface area (Å²) in [7, 11) is 0. The summed E-state index contributed by atoms with van der Waals surface area (Å²) >= 11 is 0. The Morgan fingerprint density at radius 1 is 1.42 bits per heavy atom. The molecule has 1 nitrogen and oxygen atoms in total. The number of hydrogen-bond donors (Lipinski definition) is 1. The van der Waals surface area contributed by atoms with Crippen molar-refractivity contribution >= 4 is 0 Å². The molecule has 1 rings (SSSR count). The van der Waals surface area contributed by atoms with Crippen LogP contribution in [0.5, 0.6) is 0 Å². The maximum Gasteiger partial charge on any atom is 0.416 e. The second-order valence-corrected chi connectivity index (χ2v) is 2.24. The Labute approximate surface area is 67.5 Å². The summed E-state index contributed by atoms with van der Waals surface area (Å²) < 4.78 is 36.3. The second kappa shape index (κ2) is 3.15. The molecule has 0 saturated carbocycles. The summed E-state index contributed by atoms with van der Waals surface area (Å²) in [6.45, 7) is -0.608. The van der Waals surface area contributed by atoms with E-state index in [4.69, 9.17) is 5.11 Å².